The first-order chi connectivity index (χ1) is 34.8. The van der Waals surface area contributed by atoms with Crippen LogP contribution in [0.1, 0.15) is 0 Å². The van der Waals surface area contributed by atoms with Crippen molar-refractivity contribution in [3.05, 3.63) is 273 Å². The number of para-hydroxylation sites is 5. The molecule has 0 bridgehead atoms. The molecule has 0 aliphatic heterocycles. The molecule has 0 saturated carbocycles. The second-order valence-corrected chi connectivity index (χ2v) is 22.2. The minimum Gasteiger partial charge on any atom is -0.309 e. The zero-order valence-electron chi connectivity index (χ0n) is 38.3. The van der Waals surface area contributed by atoms with E-state index in [1.165, 1.54) is 86.3 Å². The summed E-state index contributed by atoms with van der Waals surface area (Å²) in [6.07, 6.45) is 0. The van der Waals surface area contributed by atoms with E-state index in [0.717, 1.165) is 28.1 Å². The van der Waals surface area contributed by atoms with Crippen LogP contribution >= 0.6 is 0 Å². The van der Waals surface area contributed by atoms with Gasteiger partial charge in [0.05, 0.1) is 44.5 Å². The largest absolute Gasteiger partial charge is 0.309 e. The summed E-state index contributed by atoms with van der Waals surface area (Å²) in [5.41, 5.74) is 12.8. The lowest BCUT2D eigenvalue weighted by molar-refractivity contribution is 1.12. The highest BCUT2D eigenvalue weighted by Gasteiger charge is 2.41. The zero-order valence-corrected chi connectivity index (χ0v) is 39.3. The minimum absolute atomic E-state index is 1.12. The molecule has 3 aromatic heterocycles. The molecule has 0 spiro atoms. The van der Waals surface area contributed by atoms with Crippen LogP contribution in [0.2, 0.25) is 0 Å². The summed E-state index contributed by atoms with van der Waals surface area (Å²) in [5.74, 6) is 0. The highest BCUT2D eigenvalue weighted by Crippen LogP contribution is 2.43. The third-order valence-corrected chi connectivity index (χ3v) is 19.6. The van der Waals surface area contributed by atoms with E-state index < -0.39 is 8.07 Å². The van der Waals surface area contributed by atoms with Crippen molar-refractivity contribution in [3.8, 4) is 28.2 Å². The van der Waals surface area contributed by atoms with Crippen molar-refractivity contribution >= 4 is 94.2 Å². The number of hydrogen-bond acceptors (Lipinski definition) is 0. The molecule has 0 amide bonds. The number of rotatable bonds is 8. The molecule has 3 heterocycles. The summed E-state index contributed by atoms with van der Waals surface area (Å²) in [5, 5.41) is 12.8. The summed E-state index contributed by atoms with van der Waals surface area (Å²) in [4.78, 5) is 0. The standard InChI is InChI=1S/C66H45N3Si/c1-5-22-46(23-6-1)52-30-13-17-35-59(52)69-64-44-47(67-60-36-18-14-31-53(60)54-32-15-19-37-61(54)67)40-42-57(64)58-34-21-39-63(66(58)69)68-62-38-20-16-33-55(62)56-43-41-51(45-65(56)68)70(48-24-7-2-8-25-48,49-26-9-3-10-27-49)50-28-11-4-12-29-50/h1-45H. The lowest BCUT2D eigenvalue weighted by Crippen LogP contribution is -2.74. The Morgan fingerprint density at radius 2 is 0.671 bits per heavy atom. The molecule has 0 aliphatic rings. The van der Waals surface area contributed by atoms with Gasteiger partial charge in [-0.05, 0) is 74.8 Å². The molecule has 3 nitrogen and oxygen atoms in total. The van der Waals surface area contributed by atoms with E-state index in [2.05, 4.69) is 287 Å². The first-order valence-corrected chi connectivity index (χ1v) is 26.2. The van der Waals surface area contributed by atoms with Crippen LogP contribution in [0.25, 0.3) is 93.6 Å². The number of fused-ring (bicyclic) bond motifs is 9. The third kappa shape index (κ3) is 5.94. The highest BCUT2D eigenvalue weighted by atomic mass is 28.3. The molecule has 0 unspecified atom stereocenters. The van der Waals surface area contributed by atoms with E-state index in [4.69, 9.17) is 0 Å². The summed E-state index contributed by atoms with van der Waals surface area (Å²) in [7, 11) is -2.87. The number of hydrogen-bond donors (Lipinski definition) is 0. The van der Waals surface area contributed by atoms with Crippen molar-refractivity contribution in [2.24, 2.45) is 0 Å². The molecule has 0 fully saturated rings. The van der Waals surface area contributed by atoms with E-state index in [0.29, 0.717) is 0 Å². The maximum absolute atomic E-state index is 2.87. The Bertz CT molecular complexity index is 4130. The molecule has 0 aliphatic carbocycles. The fourth-order valence-corrected chi connectivity index (χ4v) is 16.6. The monoisotopic (exact) mass is 907 g/mol. The van der Waals surface area contributed by atoms with Gasteiger partial charge in [0.15, 0.2) is 8.07 Å². The van der Waals surface area contributed by atoms with Crippen molar-refractivity contribution in [1.82, 2.24) is 13.7 Å². The molecule has 14 aromatic rings. The Morgan fingerprint density at radius 3 is 1.27 bits per heavy atom. The molecular weight excluding hydrogens is 863 g/mol. The van der Waals surface area contributed by atoms with Gasteiger partial charge >= 0.3 is 0 Å². The van der Waals surface area contributed by atoms with Crippen LogP contribution in [0.5, 0.6) is 0 Å². The molecule has 11 aromatic carbocycles. The molecule has 0 atom stereocenters. The predicted molar refractivity (Wildman–Crippen MR) is 299 cm³/mol. The van der Waals surface area contributed by atoms with Crippen molar-refractivity contribution in [1.29, 1.82) is 0 Å². The average Bonchev–Trinajstić information content (AvgIpc) is 4.08. The first-order valence-electron chi connectivity index (χ1n) is 24.2. The Balaban J connectivity index is 1.12. The van der Waals surface area contributed by atoms with Crippen molar-refractivity contribution in [3.63, 3.8) is 0 Å². The fraction of sp³-hybridized carbons (Fsp3) is 0. The van der Waals surface area contributed by atoms with Crippen molar-refractivity contribution in [2.75, 3.05) is 0 Å². The highest BCUT2D eigenvalue weighted by molar-refractivity contribution is 7.20. The molecule has 328 valence electrons. The summed E-state index contributed by atoms with van der Waals surface area (Å²) in [6, 6.07) is 101. The fourth-order valence-electron chi connectivity index (χ4n) is 11.9. The Labute approximate surface area is 407 Å². The SMILES string of the molecule is c1ccc(-c2ccccc2-n2c3cc(-n4c5ccccc5c5ccccc54)ccc3c3cccc(-n4c5ccccc5c5ccc([Si](c6ccccc6)(c6ccccc6)c6ccccc6)cc54)c32)cc1. The molecule has 4 heteroatoms. The Kier molecular flexibility index (Phi) is 9.23. The van der Waals surface area contributed by atoms with E-state index >= 15 is 0 Å². The molecular formula is C66H45N3Si. The Hall–Kier alpha value is -8.96. The van der Waals surface area contributed by atoms with Gasteiger partial charge in [-0.1, -0.05) is 224 Å². The van der Waals surface area contributed by atoms with Gasteiger partial charge in [-0.15, -0.1) is 0 Å². The number of aromatic nitrogens is 3. The molecule has 0 radical (unpaired) electrons. The topological polar surface area (TPSA) is 14.8 Å². The molecule has 70 heavy (non-hydrogen) atoms. The normalized spacial score (nSPS) is 12.0. The second-order valence-electron chi connectivity index (χ2n) is 18.4. The average molecular weight is 908 g/mol. The summed E-state index contributed by atoms with van der Waals surface area (Å²) in [6.45, 7) is 0. The van der Waals surface area contributed by atoms with Gasteiger partial charge in [0, 0.05) is 43.6 Å². The van der Waals surface area contributed by atoms with Crippen LogP contribution in [0.3, 0.4) is 0 Å². The van der Waals surface area contributed by atoms with Crippen LogP contribution in [-0.4, -0.2) is 21.8 Å². The van der Waals surface area contributed by atoms with Gasteiger partial charge in [0.1, 0.15) is 0 Å². The van der Waals surface area contributed by atoms with Gasteiger partial charge in [-0.3, -0.25) is 0 Å². The molecule has 14 rings (SSSR count). The van der Waals surface area contributed by atoms with Gasteiger partial charge in [0.25, 0.3) is 0 Å². The van der Waals surface area contributed by atoms with Gasteiger partial charge < -0.3 is 13.7 Å². The Morgan fingerprint density at radius 1 is 0.243 bits per heavy atom. The number of benzene rings is 11. The second kappa shape index (κ2) is 16.1. The number of nitrogens with zero attached hydrogens (tertiary/aromatic N) is 3. The lowest BCUT2D eigenvalue weighted by Gasteiger charge is -2.34. The third-order valence-electron chi connectivity index (χ3n) is 14.8. The van der Waals surface area contributed by atoms with E-state index in [1.807, 2.05) is 0 Å². The first kappa shape index (κ1) is 40.1. The van der Waals surface area contributed by atoms with E-state index in [-0.39, 0.29) is 0 Å². The van der Waals surface area contributed by atoms with Gasteiger partial charge in [-0.25, -0.2) is 0 Å². The molecule has 0 saturated heterocycles. The summed E-state index contributed by atoms with van der Waals surface area (Å²) < 4.78 is 7.55. The van der Waals surface area contributed by atoms with Crippen molar-refractivity contribution in [2.45, 2.75) is 0 Å². The molecule has 0 N–H and O–H groups in total. The van der Waals surface area contributed by atoms with E-state index in [9.17, 15) is 0 Å². The van der Waals surface area contributed by atoms with Crippen LogP contribution in [0.15, 0.2) is 273 Å². The van der Waals surface area contributed by atoms with Gasteiger partial charge in [0.2, 0.25) is 0 Å². The van der Waals surface area contributed by atoms with Gasteiger partial charge in [-0.2, -0.15) is 0 Å². The van der Waals surface area contributed by atoms with Crippen LogP contribution in [-0.2, 0) is 0 Å². The maximum Gasteiger partial charge on any atom is 0.179 e. The van der Waals surface area contributed by atoms with E-state index in [1.54, 1.807) is 0 Å². The zero-order chi connectivity index (χ0) is 46.2. The van der Waals surface area contributed by atoms with Crippen LogP contribution in [0, 0.1) is 0 Å². The summed E-state index contributed by atoms with van der Waals surface area (Å²) >= 11 is 0. The predicted octanol–water partition coefficient (Wildman–Crippen LogP) is 14.0. The lowest BCUT2D eigenvalue weighted by atomic mass is 10.0. The smallest absolute Gasteiger partial charge is 0.179 e. The maximum atomic E-state index is 2.56. The van der Waals surface area contributed by atoms with Crippen LogP contribution in [0.4, 0.5) is 0 Å². The van der Waals surface area contributed by atoms with Crippen LogP contribution < -0.4 is 20.7 Å². The quantitative estimate of drug-likeness (QED) is 0.107. The van der Waals surface area contributed by atoms with Crippen molar-refractivity contribution < 1.29 is 0 Å². The minimum atomic E-state index is -2.87.